The number of anilines is 2. The maximum Gasteiger partial charge on any atom is 0.227 e. The van der Waals surface area contributed by atoms with E-state index in [2.05, 4.69) is 15.5 Å². The van der Waals surface area contributed by atoms with Crippen molar-refractivity contribution in [3.8, 4) is 11.3 Å². The van der Waals surface area contributed by atoms with Crippen LogP contribution in [0.2, 0.25) is 0 Å². The summed E-state index contributed by atoms with van der Waals surface area (Å²) in [6, 6.07) is 12.7. The van der Waals surface area contributed by atoms with Gasteiger partial charge in [-0.25, -0.2) is 13.2 Å². The summed E-state index contributed by atoms with van der Waals surface area (Å²) in [7, 11) is 0. The van der Waals surface area contributed by atoms with Crippen molar-refractivity contribution in [1.29, 1.82) is 0 Å². The zero-order valence-corrected chi connectivity index (χ0v) is 16.0. The van der Waals surface area contributed by atoms with Gasteiger partial charge in [0.25, 0.3) is 0 Å². The fraction of sp³-hybridized carbons (Fsp3) is 0.227. The summed E-state index contributed by atoms with van der Waals surface area (Å²) < 4.78 is 39.9. The van der Waals surface area contributed by atoms with Crippen LogP contribution in [0.4, 0.5) is 24.7 Å². The Kier molecular flexibility index (Phi) is 5.65. The average Bonchev–Trinajstić information content (AvgIpc) is 2.73. The third kappa shape index (κ3) is 4.59. The Morgan fingerprint density at radius 2 is 1.63 bits per heavy atom. The van der Waals surface area contributed by atoms with E-state index in [4.69, 9.17) is 0 Å². The lowest BCUT2D eigenvalue weighted by Gasteiger charge is -2.31. The number of aromatic nitrogens is 2. The molecule has 1 saturated heterocycles. The fourth-order valence-corrected chi connectivity index (χ4v) is 3.54. The largest absolute Gasteiger partial charge is 0.355 e. The first-order valence-corrected chi connectivity index (χ1v) is 9.59. The van der Waals surface area contributed by atoms with Gasteiger partial charge < -0.3 is 10.2 Å². The molecule has 8 heteroatoms. The molecular weight excluding hydrogens is 393 g/mol. The van der Waals surface area contributed by atoms with Crippen LogP contribution < -0.4 is 10.2 Å². The zero-order valence-electron chi connectivity index (χ0n) is 16.0. The van der Waals surface area contributed by atoms with E-state index in [1.54, 1.807) is 18.2 Å². The number of amides is 1. The number of hydrogen-bond donors (Lipinski definition) is 1. The normalized spacial score (nSPS) is 14.6. The summed E-state index contributed by atoms with van der Waals surface area (Å²) in [5.41, 5.74) is 1.34. The molecule has 1 amide bonds. The van der Waals surface area contributed by atoms with Crippen molar-refractivity contribution < 1.29 is 18.0 Å². The van der Waals surface area contributed by atoms with E-state index >= 15 is 0 Å². The van der Waals surface area contributed by atoms with Crippen LogP contribution in [0, 0.1) is 23.4 Å². The third-order valence-corrected chi connectivity index (χ3v) is 5.09. The number of rotatable bonds is 4. The van der Waals surface area contributed by atoms with Gasteiger partial charge in [0.2, 0.25) is 5.91 Å². The maximum absolute atomic E-state index is 13.4. The zero-order chi connectivity index (χ0) is 21.1. The van der Waals surface area contributed by atoms with Gasteiger partial charge in [-0.15, -0.1) is 10.2 Å². The quantitative estimate of drug-likeness (QED) is 0.690. The number of nitrogens with one attached hydrogen (secondary N) is 1. The lowest BCUT2D eigenvalue weighted by Crippen LogP contribution is -2.38. The molecule has 2 aromatic carbocycles. The van der Waals surface area contributed by atoms with Crippen molar-refractivity contribution >= 4 is 17.4 Å². The Balaban J connectivity index is 1.35. The number of benzene rings is 2. The van der Waals surface area contributed by atoms with E-state index in [1.165, 1.54) is 12.1 Å². The molecule has 0 radical (unpaired) electrons. The molecule has 1 N–H and O–H groups in total. The Morgan fingerprint density at radius 3 is 2.27 bits per heavy atom. The molecule has 1 aromatic heterocycles. The third-order valence-electron chi connectivity index (χ3n) is 5.09. The molecular formula is C22H19F3N4O. The molecule has 4 rings (SSSR count). The second-order valence-electron chi connectivity index (χ2n) is 7.20. The number of carbonyl (C=O) groups excluding carboxylic acids is 1. The summed E-state index contributed by atoms with van der Waals surface area (Å²) in [5.74, 6) is -1.64. The van der Waals surface area contributed by atoms with Crippen LogP contribution in [-0.2, 0) is 4.79 Å². The molecule has 2 heterocycles. The van der Waals surface area contributed by atoms with Crippen molar-refractivity contribution in [2.24, 2.45) is 5.92 Å². The lowest BCUT2D eigenvalue weighted by atomic mass is 9.95. The van der Waals surface area contributed by atoms with E-state index in [0.29, 0.717) is 43.0 Å². The standard InChI is InChI=1S/C22H19F3N4O/c23-16-3-1-2-15(10-16)20-4-5-21(28-27-20)29-8-6-14(7-9-29)22(30)26-19-12-17(24)11-18(25)13-19/h1-5,10-14H,6-9H2,(H,26,30). The second kappa shape index (κ2) is 8.52. The first-order chi connectivity index (χ1) is 14.5. The molecule has 3 aromatic rings. The highest BCUT2D eigenvalue weighted by Gasteiger charge is 2.26. The first-order valence-electron chi connectivity index (χ1n) is 9.59. The van der Waals surface area contributed by atoms with E-state index in [-0.39, 0.29) is 23.3 Å². The summed E-state index contributed by atoms with van der Waals surface area (Å²) >= 11 is 0. The van der Waals surface area contributed by atoms with Crippen LogP contribution in [0.25, 0.3) is 11.3 Å². The van der Waals surface area contributed by atoms with Gasteiger partial charge >= 0.3 is 0 Å². The minimum atomic E-state index is -0.736. The number of halogens is 3. The maximum atomic E-state index is 13.4. The predicted octanol–water partition coefficient (Wildman–Crippen LogP) is 4.42. The van der Waals surface area contributed by atoms with Gasteiger partial charge in [-0.05, 0) is 49.2 Å². The summed E-state index contributed by atoms with van der Waals surface area (Å²) in [5, 5.41) is 11.0. The van der Waals surface area contributed by atoms with Crippen LogP contribution in [0.15, 0.2) is 54.6 Å². The van der Waals surface area contributed by atoms with Gasteiger partial charge in [0.1, 0.15) is 17.5 Å². The second-order valence-corrected chi connectivity index (χ2v) is 7.20. The molecule has 0 spiro atoms. The predicted molar refractivity (Wildman–Crippen MR) is 107 cm³/mol. The van der Waals surface area contributed by atoms with E-state index in [9.17, 15) is 18.0 Å². The summed E-state index contributed by atoms with van der Waals surface area (Å²) in [6.07, 6.45) is 1.16. The highest BCUT2D eigenvalue weighted by Crippen LogP contribution is 2.25. The van der Waals surface area contributed by atoms with Crippen molar-refractivity contribution in [2.75, 3.05) is 23.3 Å². The Morgan fingerprint density at radius 1 is 0.900 bits per heavy atom. The molecule has 5 nitrogen and oxygen atoms in total. The molecule has 1 aliphatic heterocycles. The molecule has 30 heavy (non-hydrogen) atoms. The van der Waals surface area contributed by atoms with E-state index < -0.39 is 11.6 Å². The Hall–Kier alpha value is -3.42. The van der Waals surface area contributed by atoms with Crippen molar-refractivity contribution in [1.82, 2.24) is 10.2 Å². The van der Waals surface area contributed by atoms with Gasteiger partial charge in [0, 0.05) is 36.3 Å². The number of nitrogens with zero attached hydrogens (tertiary/aromatic N) is 3. The topological polar surface area (TPSA) is 58.1 Å². The smallest absolute Gasteiger partial charge is 0.227 e. The molecule has 0 atom stereocenters. The monoisotopic (exact) mass is 412 g/mol. The van der Waals surface area contributed by atoms with Crippen LogP contribution in [-0.4, -0.2) is 29.2 Å². The van der Waals surface area contributed by atoms with Crippen LogP contribution in [0.3, 0.4) is 0 Å². The van der Waals surface area contributed by atoms with Crippen LogP contribution in [0.1, 0.15) is 12.8 Å². The number of piperidine rings is 1. The first kappa shape index (κ1) is 19.9. The SMILES string of the molecule is O=C(Nc1cc(F)cc(F)c1)C1CCN(c2ccc(-c3cccc(F)c3)nn2)CC1. The molecule has 1 aliphatic rings. The van der Waals surface area contributed by atoms with Crippen LogP contribution in [0.5, 0.6) is 0 Å². The van der Waals surface area contributed by atoms with Gasteiger partial charge in [-0.2, -0.15) is 0 Å². The minimum absolute atomic E-state index is 0.110. The van der Waals surface area contributed by atoms with Crippen molar-refractivity contribution in [3.05, 3.63) is 72.0 Å². The number of hydrogen-bond acceptors (Lipinski definition) is 4. The molecule has 0 aliphatic carbocycles. The average molecular weight is 412 g/mol. The Labute approximate surface area is 171 Å². The highest BCUT2D eigenvalue weighted by atomic mass is 19.1. The fourth-order valence-electron chi connectivity index (χ4n) is 3.54. The molecule has 1 fully saturated rings. The summed E-state index contributed by atoms with van der Waals surface area (Å²) in [4.78, 5) is 14.5. The minimum Gasteiger partial charge on any atom is -0.355 e. The molecule has 0 saturated carbocycles. The lowest BCUT2D eigenvalue weighted by molar-refractivity contribution is -0.120. The summed E-state index contributed by atoms with van der Waals surface area (Å²) in [6.45, 7) is 1.20. The Bertz CT molecular complexity index is 1030. The van der Waals surface area contributed by atoms with Crippen LogP contribution >= 0.6 is 0 Å². The van der Waals surface area contributed by atoms with Crippen molar-refractivity contribution in [3.63, 3.8) is 0 Å². The van der Waals surface area contributed by atoms with E-state index in [1.807, 2.05) is 11.0 Å². The molecule has 0 bridgehead atoms. The molecule has 0 unspecified atom stereocenters. The van der Waals surface area contributed by atoms with E-state index in [0.717, 1.165) is 18.2 Å². The molecule has 154 valence electrons. The van der Waals surface area contributed by atoms with Gasteiger partial charge in [-0.3, -0.25) is 4.79 Å². The van der Waals surface area contributed by atoms with Crippen molar-refractivity contribution in [2.45, 2.75) is 12.8 Å². The highest BCUT2D eigenvalue weighted by molar-refractivity contribution is 5.92. The number of carbonyl (C=O) groups is 1. The van der Waals surface area contributed by atoms with Gasteiger partial charge in [0.05, 0.1) is 5.69 Å². The van der Waals surface area contributed by atoms with Gasteiger partial charge in [0.15, 0.2) is 5.82 Å². The van der Waals surface area contributed by atoms with Gasteiger partial charge in [-0.1, -0.05) is 12.1 Å².